The number of benzene rings is 2. The van der Waals surface area contributed by atoms with Gasteiger partial charge in [0.1, 0.15) is 5.82 Å². The van der Waals surface area contributed by atoms with Gasteiger partial charge in [0.2, 0.25) is 5.91 Å². The largest absolute Gasteiger partial charge is 0.356 e. The number of hydrogen-bond donors (Lipinski definition) is 3. The summed E-state index contributed by atoms with van der Waals surface area (Å²) in [5, 5.41) is 9.44. The molecule has 1 aliphatic carbocycles. The summed E-state index contributed by atoms with van der Waals surface area (Å²) < 4.78 is 13.7. The zero-order valence-electron chi connectivity index (χ0n) is 16.6. The fourth-order valence-electron chi connectivity index (χ4n) is 3.10. The average Bonchev–Trinajstić information content (AvgIpc) is 2.64. The molecule has 0 bridgehead atoms. The van der Waals surface area contributed by atoms with E-state index in [9.17, 15) is 9.18 Å². The van der Waals surface area contributed by atoms with Crippen LogP contribution in [0.5, 0.6) is 0 Å². The van der Waals surface area contributed by atoms with Crippen molar-refractivity contribution < 1.29 is 9.18 Å². The normalized spacial score (nSPS) is 13.8. The number of halogens is 2. The molecule has 0 unspecified atom stereocenters. The van der Waals surface area contributed by atoms with Crippen LogP contribution in [0.2, 0.25) is 0 Å². The second kappa shape index (κ2) is 11.7. The Balaban J connectivity index is 0.00000300. The second-order valence-electron chi connectivity index (χ2n) is 7.01. The molecule has 1 saturated carbocycles. The zero-order chi connectivity index (χ0) is 19.8. The van der Waals surface area contributed by atoms with Crippen LogP contribution in [0.15, 0.2) is 53.5 Å². The Morgan fingerprint density at radius 1 is 1.14 bits per heavy atom. The molecular weight excluding hydrogens is 482 g/mol. The molecule has 1 amide bonds. The van der Waals surface area contributed by atoms with Crippen molar-refractivity contribution in [1.29, 1.82) is 0 Å². The number of hydrogen-bond acceptors (Lipinski definition) is 2. The van der Waals surface area contributed by atoms with Crippen LogP contribution in [0, 0.1) is 11.7 Å². The molecule has 0 radical (unpaired) electrons. The third-order valence-electron chi connectivity index (χ3n) is 5.00. The quantitative estimate of drug-likeness (QED) is 0.299. The Morgan fingerprint density at radius 3 is 2.62 bits per heavy atom. The van der Waals surface area contributed by atoms with Crippen molar-refractivity contribution in [3.05, 3.63) is 65.5 Å². The molecule has 0 saturated heterocycles. The smallest absolute Gasteiger partial charge is 0.227 e. The van der Waals surface area contributed by atoms with Gasteiger partial charge in [0.05, 0.1) is 0 Å². The molecule has 1 aliphatic rings. The average molecular weight is 510 g/mol. The monoisotopic (exact) mass is 510 g/mol. The molecule has 3 rings (SSSR count). The van der Waals surface area contributed by atoms with Gasteiger partial charge >= 0.3 is 0 Å². The molecule has 2 aromatic rings. The molecular formula is C22H28FIN4O. The van der Waals surface area contributed by atoms with Crippen LogP contribution in [0.4, 0.5) is 10.1 Å². The molecule has 3 N–H and O–H groups in total. The van der Waals surface area contributed by atoms with Crippen molar-refractivity contribution in [2.75, 3.05) is 18.9 Å². The van der Waals surface area contributed by atoms with Crippen LogP contribution in [-0.4, -0.2) is 25.5 Å². The van der Waals surface area contributed by atoms with E-state index >= 15 is 0 Å². The molecule has 5 nitrogen and oxygen atoms in total. The van der Waals surface area contributed by atoms with Gasteiger partial charge in [-0.25, -0.2) is 4.39 Å². The Labute approximate surface area is 188 Å². The maximum absolute atomic E-state index is 13.7. The fourth-order valence-corrected chi connectivity index (χ4v) is 3.10. The van der Waals surface area contributed by atoms with Crippen molar-refractivity contribution in [3.63, 3.8) is 0 Å². The first kappa shape index (κ1) is 23.1. The lowest BCUT2D eigenvalue weighted by Crippen LogP contribution is -2.37. The first-order valence-corrected chi connectivity index (χ1v) is 9.73. The highest BCUT2D eigenvalue weighted by molar-refractivity contribution is 14.0. The SMILES string of the molecule is CN=C(NCCc1ccccc1F)NCc1cccc(NC(=O)C2CCC2)c1.I. The van der Waals surface area contributed by atoms with Gasteiger partial charge < -0.3 is 16.0 Å². The van der Waals surface area contributed by atoms with E-state index in [2.05, 4.69) is 20.9 Å². The van der Waals surface area contributed by atoms with Crippen molar-refractivity contribution >= 4 is 41.5 Å². The Bertz CT molecular complexity index is 839. The predicted molar refractivity (Wildman–Crippen MR) is 126 cm³/mol. The molecule has 0 aromatic heterocycles. The van der Waals surface area contributed by atoms with E-state index in [0.29, 0.717) is 31.0 Å². The van der Waals surface area contributed by atoms with Crippen molar-refractivity contribution in [2.24, 2.45) is 10.9 Å². The lowest BCUT2D eigenvalue weighted by atomic mass is 9.85. The van der Waals surface area contributed by atoms with E-state index in [1.165, 1.54) is 6.07 Å². The van der Waals surface area contributed by atoms with Gasteiger partial charge in [0, 0.05) is 31.7 Å². The number of rotatable bonds is 7. The summed E-state index contributed by atoms with van der Waals surface area (Å²) in [6.07, 6.45) is 3.70. The van der Waals surface area contributed by atoms with Gasteiger partial charge in [-0.3, -0.25) is 9.79 Å². The summed E-state index contributed by atoms with van der Waals surface area (Å²) in [6, 6.07) is 14.6. The lowest BCUT2D eigenvalue weighted by molar-refractivity contribution is -0.122. The second-order valence-corrected chi connectivity index (χ2v) is 7.01. The molecule has 2 aromatic carbocycles. The Hall–Kier alpha value is -2.16. The highest BCUT2D eigenvalue weighted by Gasteiger charge is 2.25. The molecule has 0 aliphatic heterocycles. The van der Waals surface area contributed by atoms with Crippen LogP contribution in [-0.2, 0) is 17.8 Å². The van der Waals surface area contributed by atoms with Crippen molar-refractivity contribution in [1.82, 2.24) is 10.6 Å². The highest BCUT2D eigenvalue weighted by Crippen LogP contribution is 2.27. The maximum Gasteiger partial charge on any atom is 0.227 e. The van der Waals surface area contributed by atoms with Crippen LogP contribution < -0.4 is 16.0 Å². The van der Waals surface area contributed by atoms with Gasteiger partial charge in [-0.2, -0.15) is 0 Å². The number of anilines is 1. The first-order chi connectivity index (χ1) is 13.7. The number of aliphatic imine (C=N–C) groups is 1. The molecule has 1 fully saturated rings. The number of amides is 1. The number of nitrogens with one attached hydrogen (secondary N) is 3. The van der Waals surface area contributed by atoms with Crippen molar-refractivity contribution in [3.8, 4) is 0 Å². The topological polar surface area (TPSA) is 65.5 Å². The minimum absolute atomic E-state index is 0. The van der Waals surface area contributed by atoms with E-state index < -0.39 is 0 Å². The lowest BCUT2D eigenvalue weighted by Gasteiger charge is -2.24. The molecule has 0 atom stereocenters. The van der Waals surface area contributed by atoms with Crippen LogP contribution in [0.3, 0.4) is 0 Å². The van der Waals surface area contributed by atoms with Crippen LogP contribution in [0.1, 0.15) is 30.4 Å². The van der Waals surface area contributed by atoms with E-state index in [1.54, 1.807) is 19.2 Å². The van der Waals surface area contributed by atoms with Gasteiger partial charge in [-0.15, -0.1) is 24.0 Å². The summed E-state index contributed by atoms with van der Waals surface area (Å²) in [7, 11) is 1.70. The Morgan fingerprint density at radius 2 is 1.93 bits per heavy atom. The summed E-state index contributed by atoms with van der Waals surface area (Å²) in [4.78, 5) is 16.3. The summed E-state index contributed by atoms with van der Waals surface area (Å²) >= 11 is 0. The number of carbonyl (C=O) groups excluding carboxylic acids is 1. The van der Waals surface area contributed by atoms with E-state index in [0.717, 1.165) is 30.5 Å². The predicted octanol–water partition coefficient (Wildman–Crippen LogP) is 4.09. The van der Waals surface area contributed by atoms with Crippen LogP contribution >= 0.6 is 24.0 Å². The number of guanidine groups is 1. The molecule has 0 spiro atoms. The third kappa shape index (κ3) is 6.99. The van der Waals surface area contributed by atoms with E-state index in [-0.39, 0.29) is 41.6 Å². The molecule has 0 heterocycles. The van der Waals surface area contributed by atoms with Gasteiger partial charge in [0.25, 0.3) is 0 Å². The van der Waals surface area contributed by atoms with E-state index in [1.807, 2.05) is 30.3 Å². The summed E-state index contributed by atoms with van der Waals surface area (Å²) in [5.74, 6) is 0.745. The van der Waals surface area contributed by atoms with Crippen LogP contribution in [0.25, 0.3) is 0 Å². The van der Waals surface area contributed by atoms with Gasteiger partial charge in [-0.05, 0) is 48.6 Å². The molecule has 29 heavy (non-hydrogen) atoms. The van der Waals surface area contributed by atoms with Crippen molar-refractivity contribution in [2.45, 2.75) is 32.2 Å². The minimum Gasteiger partial charge on any atom is -0.356 e. The highest BCUT2D eigenvalue weighted by atomic mass is 127. The summed E-state index contributed by atoms with van der Waals surface area (Å²) in [5.41, 5.74) is 2.54. The molecule has 7 heteroatoms. The zero-order valence-corrected chi connectivity index (χ0v) is 18.9. The van der Waals surface area contributed by atoms with Gasteiger partial charge in [0.15, 0.2) is 5.96 Å². The number of nitrogens with zero attached hydrogens (tertiary/aromatic N) is 1. The van der Waals surface area contributed by atoms with E-state index in [4.69, 9.17) is 0 Å². The summed E-state index contributed by atoms with van der Waals surface area (Å²) in [6.45, 7) is 1.16. The maximum atomic E-state index is 13.7. The number of carbonyl (C=O) groups is 1. The third-order valence-corrected chi connectivity index (χ3v) is 5.00. The molecule has 156 valence electrons. The fraction of sp³-hybridized carbons (Fsp3) is 0.364. The minimum atomic E-state index is -0.187. The standard InChI is InChI=1S/C22H27FN4O.HI/c1-24-22(25-13-12-17-7-2-3-11-20(17)23)26-15-16-6-4-10-19(14-16)27-21(28)18-8-5-9-18;/h2-4,6-7,10-11,14,18H,5,8-9,12-13,15H2,1H3,(H,27,28)(H2,24,25,26);1H. The first-order valence-electron chi connectivity index (χ1n) is 9.73. The Kier molecular flexibility index (Phi) is 9.37. The van der Waals surface area contributed by atoms with Gasteiger partial charge in [-0.1, -0.05) is 36.8 Å².